The fourth-order valence-electron chi connectivity index (χ4n) is 3.34. The summed E-state index contributed by atoms with van der Waals surface area (Å²) in [6.45, 7) is 0.629. The number of nitrogens with one attached hydrogen (secondary N) is 2. The molecule has 2 atom stereocenters. The molecular weight excluding hydrogens is 326 g/mol. The third-order valence-electron chi connectivity index (χ3n) is 5.09. The summed E-state index contributed by atoms with van der Waals surface area (Å²) in [5, 5.41) is 2.67. The van der Waals surface area contributed by atoms with E-state index < -0.39 is 15.8 Å². The summed E-state index contributed by atoms with van der Waals surface area (Å²) in [4.78, 5) is 26.8. The first kappa shape index (κ1) is 17.0. The summed E-state index contributed by atoms with van der Waals surface area (Å²) in [5.41, 5.74) is 1.94. The maximum atomic E-state index is 12.6. The van der Waals surface area contributed by atoms with E-state index in [1.165, 1.54) is 6.26 Å². The van der Waals surface area contributed by atoms with Gasteiger partial charge in [-0.1, -0.05) is 24.3 Å². The van der Waals surface area contributed by atoms with Gasteiger partial charge in [0.05, 0.1) is 0 Å². The van der Waals surface area contributed by atoms with Crippen molar-refractivity contribution in [2.45, 2.75) is 30.6 Å². The lowest BCUT2D eigenvalue weighted by atomic mass is 9.83. The molecule has 1 aliphatic carbocycles. The number of hydrogen-bond donors (Lipinski definition) is 2. The molecule has 0 bridgehead atoms. The van der Waals surface area contributed by atoms with Gasteiger partial charge in [-0.15, -0.1) is 0 Å². The van der Waals surface area contributed by atoms with E-state index in [2.05, 4.69) is 5.32 Å². The van der Waals surface area contributed by atoms with Crippen molar-refractivity contribution >= 4 is 21.5 Å². The molecule has 7 heteroatoms. The molecule has 1 fully saturated rings. The number of carbonyl (C=O) groups is 2. The van der Waals surface area contributed by atoms with E-state index in [-0.39, 0.29) is 23.0 Å². The molecule has 0 radical (unpaired) electrons. The van der Waals surface area contributed by atoms with Gasteiger partial charge in [0.25, 0.3) is 0 Å². The Morgan fingerprint density at radius 1 is 1.33 bits per heavy atom. The Hall–Kier alpha value is -1.89. The van der Waals surface area contributed by atoms with E-state index in [9.17, 15) is 13.8 Å². The minimum atomic E-state index is -2.59. The second-order valence-electron chi connectivity index (χ2n) is 6.84. The van der Waals surface area contributed by atoms with Gasteiger partial charge in [-0.2, -0.15) is 0 Å². The van der Waals surface area contributed by atoms with Crippen molar-refractivity contribution in [2.24, 2.45) is 5.92 Å². The van der Waals surface area contributed by atoms with E-state index in [0.29, 0.717) is 19.4 Å². The van der Waals surface area contributed by atoms with E-state index in [1.807, 2.05) is 24.3 Å². The lowest BCUT2D eigenvalue weighted by molar-refractivity contribution is -0.137. The zero-order valence-corrected chi connectivity index (χ0v) is 14.8. The van der Waals surface area contributed by atoms with Crippen LogP contribution < -0.4 is 5.32 Å². The Labute approximate surface area is 142 Å². The van der Waals surface area contributed by atoms with Gasteiger partial charge < -0.3 is 10.2 Å². The predicted octanol–water partition coefficient (Wildman–Crippen LogP) is 1.31. The van der Waals surface area contributed by atoms with Gasteiger partial charge in [-0.25, -0.2) is 4.21 Å². The number of amides is 2. The lowest BCUT2D eigenvalue weighted by Gasteiger charge is -2.35. The first-order chi connectivity index (χ1) is 11.3. The SMILES string of the molecule is CN1CCc2ccccc2C(NC(=O)C2CC(S(C)(=N)=O)C2)C1=O. The highest BCUT2D eigenvalue weighted by Gasteiger charge is 2.40. The van der Waals surface area contributed by atoms with Gasteiger partial charge in [-0.3, -0.25) is 14.4 Å². The first-order valence-corrected chi connectivity index (χ1v) is 10.2. The summed E-state index contributed by atoms with van der Waals surface area (Å²) in [6, 6.07) is 7.04. The molecule has 1 heterocycles. The van der Waals surface area contributed by atoms with Crippen molar-refractivity contribution in [3.63, 3.8) is 0 Å². The Kier molecular flexibility index (Phi) is 4.38. The molecule has 1 aromatic rings. The Balaban J connectivity index is 1.76. The third-order valence-corrected chi connectivity index (χ3v) is 6.75. The van der Waals surface area contributed by atoms with Crippen LogP contribution in [0.4, 0.5) is 0 Å². The van der Waals surface area contributed by atoms with Gasteiger partial charge >= 0.3 is 0 Å². The van der Waals surface area contributed by atoms with Gasteiger partial charge in [0.1, 0.15) is 6.04 Å². The molecule has 0 aromatic heterocycles. The molecule has 130 valence electrons. The largest absolute Gasteiger partial charge is 0.343 e. The average Bonchev–Trinajstić information content (AvgIpc) is 2.57. The van der Waals surface area contributed by atoms with Crippen LogP contribution in [0.1, 0.15) is 30.0 Å². The molecule has 1 aromatic carbocycles. The molecule has 2 aliphatic rings. The summed E-state index contributed by atoms with van der Waals surface area (Å²) in [5.74, 6) is -0.544. The molecule has 1 saturated carbocycles. The Bertz CT molecular complexity index is 769. The van der Waals surface area contributed by atoms with Crippen molar-refractivity contribution < 1.29 is 13.8 Å². The highest BCUT2D eigenvalue weighted by molar-refractivity contribution is 7.92. The lowest BCUT2D eigenvalue weighted by Crippen LogP contribution is -2.47. The number of benzene rings is 1. The zero-order valence-electron chi connectivity index (χ0n) is 14.0. The normalized spacial score (nSPS) is 29.0. The molecule has 2 unspecified atom stereocenters. The van der Waals surface area contributed by atoms with Crippen LogP contribution in [0.25, 0.3) is 0 Å². The number of likely N-dealkylation sites (N-methyl/N-ethyl adjacent to an activating group) is 1. The summed E-state index contributed by atoms with van der Waals surface area (Å²) >= 11 is 0. The smallest absolute Gasteiger partial charge is 0.249 e. The summed E-state index contributed by atoms with van der Waals surface area (Å²) < 4.78 is 19.3. The number of hydrogen-bond acceptors (Lipinski definition) is 4. The quantitative estimate of drug-likeness (QED) is 0.862. The summed E-state index contributed by atoms with van der Waals surface area (Å²) in [6.07, 6.45) is 3.12. The Morgan fingerprint density at radius 3 is 2.67 bits per heavy atom. The van der Waals surface area contributed by atoms with E-state index in [0.717, 1.165) is 17.5 Å². The second kappa shape index (κ2) is 6.20. The number of carbonyl (C=O) groups excluding carboxylic acids is 2. The molecule has 2 N–H and O–H groups in total. The maximum absolute atomic E-state index is 12.6. The van der Waals surface area contributed by atoms with Crippen LogP contribution in [0, 0.1) is 10.7 Å². The van der Waals surface area contributed by atoms with E-state index >= 15 is 0 Å². The highest BCUT2D eigenvalue weighted by Crippen LogP contribution is 2.34. The van der Waals surface area contributed by atoms with Gasteiger partial charge in [0.2, 0.25) is 11.8 Å². The van der Waals surface area contributed by atoms with Crippen molar-refractivity contribution in [3.8, 4) is 0 Å². The third kappa shape index (κ3) is 3.17. The molecule has 2 amide bonds. The van der Waals surface area contributed by atoms with Gasteiger partial charge in [0, 0.05) is 40.7 Å². The van der Waals surface area contributed by atoms with Crippen molar-refractivity contribution in [3.05, 3.63) is 35.4 Å². The standard InChI is InChI=1S/C17H23N3O3S/c1-20-8-7-11-5-3-4-6-14(11)15(17(20)22)19-16(21)12-9-13(10-12)24(2,18)23/h3-6,12-13,15,18H,7-10H2,1-2H3,(H,19,21). The number of fused-ring (bicyclic) bond motifs is 1. The topological polar surface area (TPSA) is 90.3 Å². The average molecular weight is 349 g/mol. The number of rotatable bonds is 3. The van der Waals surface area contributed by atoms with Crippen LogP contribution in [0.2, 0.25) is 0 Å². The monoisotopic (exact) mass is 349 g/mol. The van der Waals surface area contributed by atoms with E-state index in [4.69, 9.17) is 4.78 Å². The van der Waals surface area contributed by atoms with Crippen molar-refractivity contribution in [1.82, 2.24) is 10.2 Å². The summed E-state index contributed by atoms with van der Waals surface area (Å²) in [7, 11) is -0.846. The molecule has 24 heavy (non-hydrogen) atoms. The highest BCUT2D eigenvalue weighted by atomic mass is 32.2. The van der Waals surface area contributed by atoms with Crippen molar-refractivity contribution in [1.29, 1.82) is 4.78 Å². The van der Waals surface area contributed by atoms with Gasteiger partial charge in [-0.05, 0) is 30.4 Å². The number of nitrogens with zero attached hydrogens (tertiary/aromatic N) is 1. The van der Waals surface area contributed by atoms with E-state index in [1.54, 1.807) is 11.9 Å². The first-order valence-electron chi connectivity index (χ1n) is 8.13. The molecular formula is C17H23N3O3S. The fourth-order valence-corrected chi connectivity index (χ4v) is 4.54. The van der Waals surface area contributed by atoms with Gasteiger partial charge in [0.15, 0.2) is 0 Å². The molecule has 3 rings (SSSR count). The van der Waals surface area contributed by atoms with Crippen LogP contribution >= 0.6 is 0 Å². The fraction of sp³-hybridized carbons (Fsp3) is 0.529. The van der Waals surface area contributed by atoms with Crippen molar-refractivity contribution in [2.75, 3.05) is 19.8 Å². The predicted molar refractivity (Wildman–Crippen MR) is 92.0 cm³/mol. The zero-order chi connectivity index (χ0) is 17.5. The van der Waals surface area contributed by atoms with Crippen LogP contribution in [0.15, 0.2) is 24.3 Å². The molecule has 0 spiro atoms. The minimum Gasteiger partial charge on any atom is -0.343 e. The molecule has 6 nitrogen and oxygen atoms in total. The molecule has 0 saturated heterocycles. The Morgan fingerprint density at radius 2 is 2.00 bits per heavy atom. The molecule has 1 aliphatic heterocycles. The maximum Gasteiger partial charge on any atom is 0.249 e. The van der Waals surface area contributed by atoms with Crippen LogP contribution in [-0.2, 0) is 25.7 Å². The minimum absolute atomic E-state index is 0.107. The van der Waals surface area contributed by atoms with Crippen LogP contribution in [-0.4, -0.2) is 46.0 Å². The van der Waals surface area contributed by atoms with Crippen LogP contribution in [0.3, 0.4) is 0 Å². The van der Waals surface area contributed by atoms with Crippen LogP contribution in [0.5, 0.6) is 0 Å². The second-order valence-corrected chi connectivity index (χ2v) is 9.32.